The fourth-order valence-corrected chi connectivity index (χ4v) is 1.01. The Bertz CT molecular complexity index is 258. The van der Waals surface area contributed by atoms with Crippen LogP contribution < -0.4 is 0 Å². The van der Waals surface area contributed by atoms with Gasteiger partial charge in [-0.05, 0) is 30.5 Å². The topological polar surface area (TPSA) is 9.23 Å². The van der Waals surface area contributed by atoms with E-state index in [0.717, 1.165) is 12.0 Å². The van der Waals surface area contributed by atoms with E-state index in [0.29, 0.717) is 12.2 Å². The lowest BCUT2D eigenvalue weighted by Gasteiger charge is -2.01. The maximum absolute atomic E-state index is 13.0. The largest absolute Gasteiger partial charge is 0.384 e. The molecule has 2 heteroatoms. The van der Waals surface area contributed by atoms with Gasteiger partial charge in [0.25, 0.3) is 0 Å². The van der Waals surface area contributed by atoms with Crippen LogP contribution in [0.2, 0.25) is 0 Å². The van der Waals surface area contributed by atoms with Gasteiger partial charge < -0.3 is 4.74 Å². The van der Waals surface area contributed by atoms with Crippen LogP contribution in [0.3, 0.4) is 0 Å². The molecule has 0 aromatic heterocycles. The van der Waals surface area contributed by atoms with Crippen LogP contribution in [-0.2, 0) is 11.2 Å². The van der Waals surface area contributed by atoms with E-state index in [1.165, 1.54) is 0 Å². The molecule has 0 bridgehead atoms. The Kier molecular flexibility index (Phi) is 3.23. The van der Waals surface area contributed by atoms with Crippen molar-refractivity contribution in [3.63, 3.8) is 0 Å². The summed E-state index contributed by atoms with van der Waals surface area (Å²) in [5.41, 5.74) is 1.68. The second-order valence-electron chi connectivity index (χ2n) is 2.83. The predicted molar refractivity (Wildman–Crippen MR) is 46.7 cm³/mol. The number of rotatable bonds is 3. The number of aryl methyl sites for hydroxylation is 1. The highest BCUT2D eigenvalue weighted by atomic mass is 19.1. The fourth-order valence-electron chi connectivity index (χ4n) is 1.01. The Hall–Kier alpha value is -0.890. The van der Waals surface area contributed by atoms with Gasteiger partial charge in [0.15, 0.2) is 0 Å². The Labute approximate surface area is 72.2 Å². The van der Waals surface area contributed by atoms with Crippen LogP contribution in [0.15, 0.2) is 18.2 Å². The van der Waals surface area contributed by atoms with Gasteiger partial charge in [-0.25, -0.2) is 4.39 Å². The van der Waals surface area contributed by atoms with E-state index in [4.69, 9.17) is 4.74 Å². The molecule has 0 heterocycles. The quantitative estimate of drug-likeness (QED) is 0.673. The zero-order valence-corrected chi connectivity index (χ0v) is 7.43. The molecular formula is C10H13FO. The summed E-state index contributed by atoms with van der Waals surface area (Å²) in [6.45, 7) is 2.40. The Morgan fingerprint density at radius 2 is 2.17 bits per heavy atom. The molecule has 1 nitrogen and oxygen atoms in total. The van der Waals surface area contributed by atoms with Gasteiger partial charge >= 0.3 is 0 Å². The minimum absolute atomic E-state index is 0.136. The number of methoxy groups -OCH3 is 1. The molecule has 0 aliphatic heterocycles. The summed E-state index contributed by atoms with van der Waals surface area (Å²) in [7, 11) is 1.64. The van der Waals surface area contributed by atoms with Crippen molar-refractivity contribution >= 4 is 0 Å². The molecule has 0 saturated heterocycles. The van der Waals surface area contributed by atoms with Crippen LogP contribution in [0.4, 0.5) is 4.39 Å². The van der Waals surface area contributed by atoms with Gasteiger partial charge in [0, 0.05) is 7.11 Å². The average Bonchev–Trinajstić information content (AvgIpc) is 2.07. The number of hydrogen-bond donors (Lipinski definition) is 0. The van der Waals surface area contributed by atoms with Crippen molar-refractivity contribution < 1.29 is 9.13 Å². The van der Waals surface area contributed by atoms with Gasteiger partial charge in [-0.2, -0.15) is 0 Å². The van der Waals surface area contributed by atoms with Gasteiger partial charge in [-0.1, -0.05) is 12.1 Å². The average molecular weight is 168 g/mol. The molecule has 0 unspecified atom stereocenters. The van der Waals surface area contributed by atoms with Crippen molar-refractivity contribution in [2.45, 2.75) is 13.3 Å². The molecule has 1 rings (SSSR count). The third-order valence-electron chi connectivity index (χ3n) is 1.83. The first kappa shape index (κ1) is 9.20. The number of ether oxygens (including phenoxy) is 1. The molecule has 0 aliphatic carbocycles. The maximum Gasteiger partial charge on any atom is 0.126 e. The highest BCUT2D eigenvalue weighted by molar-refractivity contribution is 5.23. The molecule has 66 valence electrons. The first-order valence-electron chi connectivity index (χ1n) is 3.98. The van der Waals surface area contributed by atoms with Gasteiger partial charge in [0.05, 0.1) is 6.61 Å². The van der Waals surface area contributed by atoms with E-state index in [1.807, 2.05) is 6.07 Å². The van der Waals surface area contributed by atoms with Gasteiger partial charge in [-0.3, -0.25) is 0 Å². The van der Waals surface area contributed by atoms with Gasteiger partial charge in [0.1, 0.15) is 5.82 Å². The van der Waals surface area contributed by atoms with E-state index in [9.17, 15) is 4.39 Å². The van der Waals surface area contributed by atoms with Crippen molar-refractivity contribution in [1.29, 1.82) is 0 Å². The second kappa shape index (κ2) is 4.21. The van der Waals surface area contributed by atoms with Crippen molar-refractivity contribution in [3.8, 4) is 0 Å². The summed E-state index contributed by atoms with van der Waals surface area (Å²) in [4.78, 5) is 0. The van der Waals surface area contributed by atoms with E-state index < -0.39 is 0 Å². The molecule has 0 atom stereocenters. The smallest absolute Gasteiger partial charge is 0.126 e. The van der Waals surface area contributed by atoms with E-state index in [-0.39, 0.29) is 5.82 Å². The number of hydrogen-bond acceptors (Lipinski definition) is 1. The lowest BCUT2D eigenvalue weighted by Crippen LogP contribution is -1.95. The molecule has 0 saturated carbocycles. The molecule has 0 spiro atoms. The number of halogens is 1. The van der Waals surface area contributed by atoms with Gasteiger partial charge in [-0.15, -0.1) is 0 Å². The molecule has 0 fully saturated rings. The predicted octanol–water partition coefficient (Wildman–Crippen LogP) is 2.32. The molecule has 1 aromatic carbocycles. The van der Waals surface area contributed by atoms with Crippen molar-refractivity contribution in [1.82, 2.24) is 0 Å². The minimum Gasteiger partial charge on any atom is -0.384 e. The maximum atomic E-state index is 13.0. The summed E-state index contributed by atoms with van der Waals surface area (Å²) < 4.78 is 17.9. The molecule has 0 aliphatic rings. The highest BCUT2D eigenvalue weighted by Crippen LogP contribution is 2.09. The molecule has 0 N–H and O–H groups in total. The molecule has 0 amide bonds. The standard InChI is InChI=1S/C10H13FO/c1-8-3-4-9(5-6-12-2)7-10(8)11/h3-4,7H,5-6H2,1-2H3. The Balaban J connectivity index is 2.69. The third kappa shape index (κ3) is 2.31. The summed E-state index contributed by atoms with van der Waals surface area (Å²) in [6.07, 6.45) is 0.772. The first-order chi connectivity index (χ1) is 5.74. The van der Waals surface area contributed by atoms with E-state index in [2.05, 4.69) is 0 Å². The van der Waals surface area contributed by atoms with Crippen LogP contribution in [-0.4, -0.2) is 13.7 Å². The van der Waals surface area contributed by atoms with Crippen LogP contribution in [0.1, 0.15) is 11.1 Å². The van der Waals surface area contributed by atoms with E-state index >= 15 is 0 Å². The normalized spacial score (nSPS) is 10.2. The lowest BCUT2D eigenvalue weighted by molar-refractivity contribution is 0.202. The van der Waals surface area contributed by atoms with Crippen molar-refractivity contribution in [3.05, 3.63) is 35.1 Å². The molecule has 12 heavy (non-hydrogen) atoms. The van der Waals surface area contributed by atoms with Crippen molar-refractivity contribution in [2.24, 2.45) is 0 Å². The zero-order valence-electron chi connectivity index (χ0n) is 7.43. The Morgan fingerprint density at radius 1 is 1.42 bits per heavy atom. The first-order valence-corrected chi connectivity index (χ1v) is 3.98. The summed E-state index contributed by atoms with van der Waals surface area (Å²) in [5, 5.41) is 0. The number of benzene rings is 1. The van der Waals surface area contributed by atoms with Gasteiger partial charge in [0.2, 0.25) is 0 Å². The van der Waals surface area contributed by atoms with Crippen LogP contribution in [0.5, 0.6) is 0 Å². The van der Waals surface area contributed by atoms with Crippen LogP contribution >= 0.6 is 0 Å². The van der Waals surface area contributed by atoms with Crippen molar-refractivity contribution in [2.75, 3.05) is 13.7 Å². The second-order valence-corrected chi connectivity index (χ2v) is 2.83. The monoisotopic (exact) mass is 168 g/mol. The summed E-state index contributed by atoms with van der Waals surface area (Å²) in [5.74, 6) is -0.136. The molecular weight excluding hydrogens is 155 g/mol. The molecule has 0 radical (unpaired) electrons. The summed E-state index contributed by atoms with van der Waals surface area (Å²) in [6, 6.07) is 5.28. The fraction of sp³-hybridized carbons (Fsp3) is 0.400. The molecule has 1 aromatic rings. The Morgan fingerprint density at radius 3 is 2.75 bits per heavy atom. The summed E-state index contributed by atoms with van der Waals surface area (Å²) >= 11 is 0. The minimum atomic E-state index is -0.136. The van der Waals surface area contributed by atoms with E-state index in [1.54, 1.807) is 26.2 Å². The van der Waals surface area contributed by atoms with Crippen LogP contribution in [0, 0.1) is 12.7 Å². The highest BCUT2D eigenvalue weighted by Gasteiger charge is 1.98. The SMILES string of the molecule is COCCc1ccc(C)c(F)c1. The zero-order chi connectivity index (χ0) is 8.97. The van der Waals surface area contributed by atoms with Crippen LogP contribution in [0.25, 0.3) is 0 Å². The lowest BCUT2D eigenvalue weighted by atomic mass is 10.1. The third-order valence-corrected chi connectivity index (χ3v) is 1.83.